The summed E-state index contributed by atoms with van der Waals surface area (Å²) in [6.07, 6.45) is -9.93. The van der Waals surface area contributed by atoms with Gasteiger partial charge in [0.1, 0.15) is 17.1 Å². The van der Waals surface area contributed by atoms with Crippen LogP contribution in [0.1, 0.15) is 22.5 Å². The van der Waals surface area contributed by atoms with Crippen LogP contribution in [0.5, 0.6) is 0 Å². The van der Waals surface area contributed by atoms with Gasteiger partial charge >= 0.3 is 29.4 Å². The third-order valence-electron chi connectivity index (χ3n) is 6.77. The predicted molar refractivity (Wildman–Crippen MR) is 155 cm³/mol. The monoisotopic (exact) mass is 732 g/mol. The molecule has 0 aliphatic carbocycles. The highest BCUT2D eigenvalue weighted by Crippen LogP contribution is 2.34. The predicted octanol–water partition coefficient (Wildman–Crippen LogP) is 4.80. The SMILES string of the molecule is Cc1c(Cl)cc(F)c(-n2c(=O)cc(C(F)(F)F)n(C)c2=O)c1N.Cc1c(Cl)cc(F)c(-n2c(=O)cc(C(F)(F)F)n(C)c2=O)c1[N+](=O)[O-]. The number of rotatable bonds is 3. The number of halogens is 10. The summed E-state index contributed by atoms with van der Waals surface area (Å²) in [5.41, 5.74) is -6.33. The number of nitro groups is 1. The molecule has 48 heavy (non-hydrogen) atoms. The molecule has 0 bridgehead atoms. The molecule has 2 N–H and O–H groups in total. The summed E-state index contributed by atoms with van der Waals surface area (Å²) < 4.78 is 106. The molecule has 0 spiro atoms. The van der Waals surface area contributed by atoms with Crippen LogP contribution in [0.15, 0.2) is 43.4 Å². The first-order chi connectivity index (χ1) is 21.8. The maximum absolute atomic E-state index is 14.2. The molecule has 2 heterocycles. The van der Waals surface area contributed by atoms with Gasteiger partial charge in [-0.3, -0.25) is 28.8 Å². The van der Waals surface area contributed by atoms with Crippen molar-refractivity contribution in [2.24, 2.45) is 14.1 Å². The van der Waals surface area contributed by atoms with E-state index in [1.165, 1.54) is 6.92 Å². The van der Waals surface area contributed by atoms with Crippen molar-refractivity contribution in [1.82, 2.24) is 18.3 Å². The van der Waals surface area contributed by atoms with Gasteiger partial charge in [-0.15, -0.1) is 0 Å². The molecule has 0 atom stereocenters. The first kappa shape index (κ1) is 37.5. The van der Waals surface area contributed by atoms with Crippen molar-refractivity contribution in [2.45, 2.75) is 26.2 Å². The highest BCUT2D eigenvalue weighted by atomic mass is 35.5. The smallest absolute Gasteiger partial charge is 0.397 e. The Morgan fingerprint density at radius 2 is 1.06 bits per heavy atom. The minimum atomic E-state index is -5.02. The molecule has 0 aliphatic heterocycles. The molecule has 0 fully saturated rings. The summed E-state index contributed by atoms with van der Waals surface area (Å²) in [5, 5.41) is 10.8. The van der Waals surface area contributed by atoms with Crippen molar-refractivity contribution in [2.75, 3.05) is 5.73 Å². The van der Waals surface area contributed by atoms with Crippen LogP contribution in [0.2, 0.25) is 10.0 Å². The number of nitrogens with two attached hydrogens (primary N) is 1. The van der Waals surface area contributed by atoms with Gasteiger partial charge in [0.05, 0.1) is 15.6 Å². The molecule has 2 aromatic heterocycles. The van der Waals surface area contributed by atoms with Gasteiger partial charge in [-0.1, -0.05) is 23.2 Å². The second-order valence-electron chi connectivity index (χ2n) is 9.73. The van der Waals surface area contributed by atoms with Crippen molar-refractivity contribution >= 4 is 34.6 Å². The highest BCUT2D eigenvalue weighted by Gasteiger charge is 2.37. The standard InChI is InChI=1S/C13H8ClF4N3O4.C13H10ClF4N3O2/c1-5-6(14)3-7(15)11(10(5)21(24)25)20-9(22)4-8(13(16,17)18)19(2)12(20)23;1-5-6(14)3-7(15)11(10(5)19)21-9(22)4-8(13(16,17)18)20(2)12(21)23/h3-4H,1-2H3;3-4H,19H2,1-2H3. The van der Waals surface area contributed by atoms with Crippen LogP contribution in [-0.2, 0) is 26.4 Å². The van der Waals surface area contributed by atoms with Crippen LogP contribution in [0.4, 0.5) is 46.5 Å². The second kappa shape index (κ2) is 12.9. The molecule has 22 heteroatoms. The first-order valence-electron chi connectivity index (χ1n) is 12.5. The zero-order valence-electron chi connectivity index (χ0n) is 24.4. The molecule has 12 nitrogen and oxygen atoms in total. The van der Waals surface area contributed by atoms with Gasteiger partial charge < -0.3 is 5.73 Å². The van der Waals surface area contributed by atoms with E-state index in [0.29, 0.717) is 13.1 Å². The molecule has 0 aliphatic rings. The number of alkyl halides is 6. The van der Waals surface area contributed by atoms with Crippen molar-refractivity contribution < 1.29 is 40.0 Å². The van der Waals surface area contributed by atoms with E-state index in [0.717, 1.165) is 20.0 Å². The molecule has 258 valence electrons. The molecule has 0 unspecified atom stereocenters. The zero-order chi connectivity index (χ0) is 37.0. The number of benzene rings is 2. The third kappa shape index (κ3) is 6.70. The maximum atomic E-state index is 14.2. The van der Waals surface area contributed by atoms with E-state index in [2.05, 4.69) is 0 Å². The lowest BCUT2D eigenvalue weighted by Gasteiger charge is -2.16. The average Bonchev–Trinajstić information content (AvgIpc) is 2.94. The van der Waals surface area contributed by atoms with Gasteiger partial charge in [-0.05, 0) is 31.5 Å². The molecule has 0 radical (unpaired) electrons. The Labute approximate surface area is 270 Å². The van der Waals surface area contributed by atoms with Crippen LogP contribution in [-0.4, -0.2) is 23.2 Å². The van der Waals surface area contributed by atoms with Gasteiger partial charge in [-0.2, -0.15) is 26.3 Å². The molecule has 0 saturated carbocycles. The number of nitrogen functional groups attached to an aromatic ring is 1. The quantitative estimate of drug-likeness (QED) is 0.137. The van der Waals surface area contributed by atoms with Crippen LogP contribution >= 0.6 is 23.2 Å². The number of hydrogen-bond donors (Lipinski definition) is 1. The van der Waals surface area contributed by atoms with Gasteiger partial charge in [0.15, 0.2) is 17.3 Å². The van der Waals surface area contributed by atoms with Crippen molar-refractivity contribution in [3.8, 4) is 11.4 Å². The summed E-state index contributed by atoms with van der Waals surface area (Å²) in [4.78, 5) is 58.4. The highest BCUT2D eigenvalue weighted by molar-refractivity contribution is 6.32. The Kier molecular flexibility index (Phi) is 10.1. The summed E-state index contributed by atoms with van der Waals surface area (Å²) in [6.45, 7) is 2.56. The van der Waals surface area contributed by atoms with E-state index in [9.17, 15) is 64.4 Å². The van der Waals surface area contributed by atoms with E-state index in [1.54, 1.807) is 0 Å². The second-order valence-corrected chi connectivity index (χ2v) is 10.5. The lowest BCUT2D eigenvalue weighted by atomic mass is 10.1. The van der Waals surface area contributed by atoms with Gasteiger partial charge in [0.25, 0.3) is 11.1 Å². The van der Waals surface area contributed by atoms with Crippen LogP contribution in [0, 0.1) is 35.6 Å². The van der Waals surface area contributed by atoms with Crippen LogP contribution < -0.4 is 28.2 Å². The summed E-state index contributed by atoms with van der Waals surface area (Å²) in [6, 6.07) is 1.70. The van der Waals surface area contributed by atoms with Crippen molar-refractivity contribution in [3.05, 3.63) is 120 Å². The van der Waals surface area contributed by atoms with Gasteiger partial charge in [-0.25, -0.2) is 27.5 Å². The Bertz CT molecular complexity index is 2240. The fourth-order valence-corrected chi connectivity index (χ4v) is 4.67. The van der Waals surface area contributed by atoms with E-state index >= 15 is 0 Å². The number of aromatic nitrogens is 4. The molecular formula is C26H18Cl2F8N6O6. The van der Waals surface area contributed by atoms with E-state index in [4.69, 9.17) is 28.9 Å². The lowest BCUT2D eigenvalue weighted by Crippen LogP contribution is -2.41. The normalized spacial score (nSPS) is 11.7. The Morgan fingerprint density at radius 1 is 0.708 bits per heavy atom. The fourth-order valence-electron chi connectivity index (χ4n) is 4.28. The Balaban J connectivity index is 0.000000261. The van der Waals surface area contributed by atoms with Crippen LogP contribution in [0.25, 0.3) is 11.4 Å². The third-order valence-corrected chi connectivity index (χ3v) is 7.55. The van der Waals surface area contributed by atoms with E-state index < -0.39 is 79.9 Å². The minimum absolute atomic E-state index is 0.0357. The topological polar surface area (TPSA) is 157 Å². The number of nitrogens with zero attached hydrogens (tertiary/aromatic N) is 5. The van der Waals surface area contributed by atoms with Crippen LogP contribution in [0.3, 0.4) is 0 Å². The first-order valence-corrected chi connectivity index (χ1v) is 13.3. The fraction of sp³-hybridized carbons (Fsp3) is 0.231. The van der Waals surface area contributed by atoms with Crippen molar-refractivity contribution in [3.63, 3.8) is 0 Å². The van der Waals surface area contributed by atoms with Gasteiger partial charge in [0, 0.05) is 36.8 Å². The molecule has 4 aromatic rings. The maximum Gasteiger partial charge on any atom is 0.431 e. The molecule has 0 saturated heterocycles. The zero-order valence-corrected chi connectivity index (χ0v) is 25.9. The number of anilines is 1. The Morgan fingerprint density at radius 3 is 1.44 bits per heavy atom. The summed E-state index contributed by atoms with van der Waals surface area (Å²) >= 11 is 11.4. The van der Waals surface area contributed by atoms with E-state index in [1.807, 2.05) is 0 Å². The summed E-state index contributed by atoms with van der Waals surface area (Å²) in [5.74, 6) is -2.50. The van der Waals surface area contributed by atoms with E-state index in [-0.39, 0.29) is 57.3 Å². The van der Waals surface area contributed by atoms with Gasteiger partial charge in [0.2, 0.25) is 0 Å². The molecular weight excluding hydrogens is 715 g/mol. The number of nitro benzene ring substituents is 1. The average molecular weight is 733 g/mol. The summed E-state index contributed by atoms with van der Waals surface area (Å²) in [7, 11) is 1.52. The lowest BCUT2D eigenvalue weighted by molar-refractivity contribution is -0.385. The Hall–Kier alpha value is -4.98. The molecule has 2 aromatic carbocycles. The van der Waals surface area contributed by atoms with Crippen molar-refractivity contribution in [1.29, 1.82) is 0 Å². The number of hydrogen-bond acceptors (Lipinski definition) is 7. The molecule has 0 amide bonds. The molecule has 4 rings (SSSR count). The largest absolute Gasteiger partial charge is 0.431 e. The minimum Gasteiger partial charge on any atom is -0.397 e.